The maximum absolute atomic E-state index is 13.1. The molecule has 0 amide bonds. The van der Waals surface area contributed by atoms with Crippen molar-refractivity contribution in [1.82, 2.24) is 9.37 Å². The SMILES string of the molecule is C=CS(=O)(=O)N1CCS[C@H]1C(=O)OCC[C@@]1(c2ccc(OC(F)F)c(OCC3CC3)c2)C=CC=CN1[O-]. The second-order valence-corrected chi connectivity index (χ2v) is 11.7. The number of sulfonamides is 1. The zero-order valence-corrected chi connectivity index (χ0v) is 21.5. The number of hydrogen-bond donors (Lipinski definition) is 0. The van der Waals surface area contributed by atoms with Crippen LogP contribution in [0.5, 0.6) is 11.5 Å². The topological polar surface area (TPSA) is 108 Å². The van der Waals surface area contributed by atoms with Crippen molar-refractivity contribution < 1.29 is 36.2 Å². The monoisotopic (exact) mass is 557 g/mol. The van der Waals surface area contributed by atoms with E-state index in [0.717, 1.165) is 34.3 Å². The molecular formula is C24H27F2N2O7S2-. The average Bonchev–Trinajstić information content (AvgIpc) is 3.56. The summed E-state index contributed by atoms with van der Waals surface area (Å²) in [7, 11) is -3.81. The Balaban J connectivity index is 1.53. The molecule has 1 aliphatic carbocycles. The highest BCUT2D eigenvalue weighted by Gasteiger charge is 2.40. The molecule has 1 saturated carbocycles. The van der Waals surface area contributed by atoms with Crippen LogP contribution in [0.15, 0.2) is 54.6 Å². The third-order valence-electron chi connectivity index (χ3n) is 6.24. The van der Waals surface area contributed by atoms with Gasteiger partial charge < -0.3 is 24.5 Å². The van der Waals surface area contributed by atoms with Crippen molar-refractivity contribution >= 4 is 27.8 Å². The summed E-state index contributed by atoms with van der Waals surface area (Å²) < 4.78 is 67.1. The lowest BCUT2D eigenvalue weighted by atomic mass is 9.84. The number of nitrogens with zero attached hydrogens (tertiary/aromatic N) is 2. The summed E-state index contributed by atoms with van der Waals surface area (Å²) in [5, 5.41) is 13.5. The number of benzene rings is 1. The first-order chi connectivity index (χ1) is 17.7. The minimum absolute atomic E-state index is 0.00575. The summed E-state index contributed by atoms with van der Waals surface area (Å²) in [4.78, 5) is 12.7. The van der Waals surface area contributed by atoms with Crippen LogP contribution < -0.4 is 9.47 Å². The van der Waals surface area contributed by atoms with Crippen LogP contribution in [0, 0.1) is 11.1 Å². The molecule has 202 valence electrons. The van der Waals surface area contributed by atoms with E-state index >= 15 is 0 Å². The Morgan fingerprint density at radius 2 is 2.08 bits per heavy atom. The number of carbonyl (C=O) groups is 1. The summed E-state index contributed by atoms with van der Waals surface area (Å²) >= 11 is 1.14. The lowest BCUT2D eigenvalue weighted by Gasteiger charge is -2.48. The first-order valence-electron chi connectivity index (χ1n) is 11.6. The van der Waals surface area contributed by atoms with Crippen molar-refractivity contribution in [2.75, 3.05) is 25.5 Å². The Labute approximate surface area is 218 Å². The van der Waals surface area contributed by atoms with Gasteiger partial charge in [-0.25, -0.2) is 13.2 Å². The first-order valence-corrected chi connectivity index (χ1v) is 14.2. The second-order valence-electron chi connectivity index (χ2n) is 8.71. The molecule has 2 atom stereocenters. The fourth-order valence-corrected chi connectivity index (χ4v) is 6.61. The molecule has 13 heteroatoms. The Morgan fingerprint density at radius 1 is 1.30 bits per heavy atom. The van der Waals surface area contributed by atoms with E-state index in [9.17, 15) is 27.2 Å². The fourth-order valence-electron chi connectivity index (χ4n) is 4.06. The van der Waals surface area contributed by atoms with Gasteiger partial charge in [0.15, 0.2) is 16.9 Å². The molecule has 0 N–H and O–H groups in total. The standard InChI is InChI=1S/C24H27F2N2O7S2/c1-2-37(31,32)27-12-14-36-21(27)22(29)33-13-10-24(9-3-4-11-28(24)30)18-7-8-19(35-23(25)26)20(15-18)34-16-17-5-6-17/h2-4,7-9,11,15,17,21,23H,1,5-6,10,12-14,16H2/q-1/t21-,24+/m0/s1. The van der Waals surface area contributed by atoms with Crippen molar-refractivity contribution in [2.24, 2.45) is 5.92 Å². The molecule has 1 saturated heterocycles. The van der Waals surface area contributed by atoms with Gasteiger partial charge in [0, 0.05) is 24.1 Å². The molecule has 37 heavy (non-hydrogen) atoms. The van der Waals surface area contributed by atoms with Crippen molar-refractivity contribution in [3.63, 3.8) is 0 Å². The predicted molar refractivity (Wildman–Crippen MR) is 134 cm³/mol. The van der Waals surface area contributed by atoms with Crippen molar-refractivity contribution in [3.8, 4) is 11.5 Å². The predicted octanol–water partition coefficient (Wildman–Crippen LogP) is 3.94. The van der Waals surface area contributed by atoms with Crippen LogP contribution >= 0.6 is 11.8 Å². The second kappa shape index (κ2) is 11.4. The fraction of sp³-hybridized carbons (Fsp3) is 0.458. The molecule has 3 aliphatic rings. The Bertz CT molecular complexity index is 1170. The molecule has 0 unspecified atom stereocenters. The van der Waals surface area contributed by atoms with Gasteiger partial charge >= 0.3 is 12.6 Å². The molecule has 0 aromatic heterocycles. The van der Waals surface area contributed by atoms with Crippen LogP contribution in [0.2, 0.25) is 0 Å². The molecule has 1 aromatic carbocycles. The zero-order chi connectivity index (χ0) is 26.6. The number of hydroxylamine groups is 2. The lowest BCUT2D eigenvalue weighted by molar-refractivity contribution is -0.145. The molecule has 1 aromatic rings. The smallest absolute Gasteiger partial charge is 0.387 e. The normalized spacial score (nSPS) is 23.9. The van der Waals surface area contributed by atoms with Crippen LogP contribution in [0.4, 0.5) is 8.78 Å². The first kappa shape index (κ1) is 27.4. The largest absolute Gasteiger partial charge is 0.758 e. The molecule has 0 spiro atoms. The number of allylic oxidation sites excluding steroid dienone is 2. The van der Waals surface area contributed by atoms with Gasteiger partial charge in [-0.05, 0) is 48.7 Å². The molecule has 4 rings (SSSR count). The van der Waals surface area contributed by atoms with Crippen LogP contribution in [0.25, 0.3) is 0 Å². The third kappa shape index (κ3) is 6.28. The summed E-state index contributed by atoms with van der Waals surface area (Å²) in [5.74, 6) is -0.0246. The highest BCUT2D eigenvalue weighted by atomic mass is 32.2. The number of carbonyl (C=O) groups excluding carboxylic acids is 1. The number of alkyl halides is 2. The number of esters is 1. The van der Waals surface area contributed by atoms with Crippen molar-refractivity contribution in [2.45, 2.75) is 36.8 Å². The van der Waals surface area contributed by atoms with Gasteiger partial charge in [-0.15, -0.1) is 11.8 Å². The number of rotatable bonds is 12. The molecule has 2 fully saturated rings. The van der Waals surface area contributed by atoms with E-state index < -0.39 is 33.5 Å². The maximum atomic E-state index is 13.1. The third-order valence-corrected chi connectivity index (χ3v) is 9.03. The summed E-state index contributed by atoms with van der Waals surface area (Å²) in [5.41, 5.74) is -0.899. The Kier molecular flexibility index (Phi) is 8.46. The van der Waals surface area contributed by atoms with Crippen molar-refractivity contribution in [3.05, 3.63) is 65.4 Å². The van der Waals surface area contributed by atoms with Crippen molar-refractivity contribution in [1.29, 1.82) is 0 Å². The lowest BCUT2D eigenvalue weighted by Crippen LogP contribution is -2.42. The minimum Gasteiger partial charge on any atom is -0.758 e. The highest BCUT2D eigenvalue weighted by Crippen LogP contribution is 2.41. The van der Waals surface area contributed by atoms with Crippen LogP contribution in [-0.4, -0.2) is 61.3 Å². The van der Waals surface area contributed by atoms with Gasteiger partial charge in [0.2, 0.25) is 10.0 Å². The maximum Gasteiger partial charge on any atom is 0.387 e. The van der Waals surface area contributed by atoms with Gasteiger partial charge in [-0.1, -0.05) is 24.8 Å². The van der Waals surface area contributed by atoms with Crippen LogP contribution in [-0.2, 0) is 25.1 Å². The molecule has 2 heterocycles. The van der Waals surface area contributed by atoms with E-state index in [4.69, 9.17) is 9.47 Å². The van der Waals surface area contributed by atoms with E-state index in [-0.39, 0.29) is 31.1 Å². The summed E-state index contributed by atoms with van der Waals surface area (Å²) in [6, 6.07) is 4.30. The van der Waals surface area contributed by atoms with Gasteiger partial charge in [0.25, 0.3) is 0 Å². The quantitative estimate of drug-likeness (QED) is 0.353. The van der Waals surface area contributed by atoms with Gasteiger partial charge in [-0.2, -0.15) is 13.1 Å². The Hall–Kier alpha value is -2.61. The van der Waals surface area contributed by atoms with Crippen LogP contribution in [0.3, 0.4) is 0 Å². The van der Waals surface area contributed by atoms with E-state index in [0.29, 0.717) is 28.9 Å². The van der Waals surface area contributed by atoms with E-state index in [2.05, 4.69) is 11.3 Å². The van der Waals surface area contributed by atoms with Gasteiger partial charge in [0.1, 0.15) is 0 Å². The number of ether oxygens (including phenoxy) is 3. The molecule has 2 aliphatic heterocycles. The van der Waals surface area contributed by atoms with Gasteiger partial charge in [-0.3, -0.25) is 0 Å². The molecule has 0 radical (unpaired) electrons. The summed E-state index contributed by atoms with van der Waals surface area (Å²) in [6.45, 7) is 0.536. The molecular weight excluding hydrogens is 530 g/mol. The number of halogens is 2. The van der Waals surface area contributed by atoms with E-state index in [1.807, 2.05) is 0 Å². The highest BCUT2D eigenvalue weighted by molar-refractivity contribution is 8.02. The van der Waals surface area contributed by atoms with E-state index in [1.165, 1.54) is 24.4 Å². The molecule has 9 nitrogen and oxygen atoms in total. The summed E-state index contributed by atoms with van der Waals surface area (Å²) in [6.07, 6.45) is 8.13. The average molecular weight is 558 g/mol. The number of hydrogen-bond acceptors (Lipinski definition) is 9. The molecule has 0 bridgehead atoms. The number of thioether (sulfide) groups is 1. The minimum atomic E-state index is -3.81. The zero-order valence-electron chi connectivity index (χ0n) is 19.8. The van der Waals surface area contributed by atoms with E-state index in [1.54, 1.807) is 18.2 Å². The van der Waals surface area contributed by atoms with Gasteiger partial charge in [0.05, 0.1) is 18.8 Å². The van der Waals surface area contributed by atoms with Crippen LogP contribution in [0.1, 0.15) is 24.8 Å². The Morgan fingerprint density at radius 3 is 2.76 bits per heavy atom.